The molecular weight excluding hydrogens is 550 g/mol. The Balaban J connectivity index is 1.20. The van der Waals surface area contributed by atoms with Crippen LogP contribution >= 0.6 is 0 Å². The van der Waals surface area contributed by atoms with Gasteiger partial charge in [0.25, 0.3) is 11.8 Å². The number of aldehydes is 1. The highest BCUT2D eigenvalue weighted by Crippen LogP contribution is 2.31. The molecule has 43 heavy (non-hydrogen) atoms. The van der Waals surface area contributed by atoms with Crippen molar-refractivity contribution in [3.05, 3.63) is 53.1 Å². The molecule has 1 aliphatic heterocycles. The molecule has 5 N–H and O–H groups in total. The first-order valence-electron chi connectivity index (χ1n) is 15.1. The molecule has 0 spiro atoms. The van der Waals surface area contributed by atoms with Gasteiger partial charge in [-0.25, -0.2) is 0 Å². The lowest BCUT2D eigenvalue weighted by atomic mass is 10.1. The van der Waals surface area contributed by atoms with E-state index >= 15 is 0 Å². The average molecular weight is 596 g/mol. The van der Waals surface area contributed by atoms with Crippen LogP contribution in [-0.4, -0.2) is 74.9 Å². The largest absolute Gasteiger partial charge is 0.495 e. The first-order chi connectivity index (χ1) is 20.9. The van der Waals surface area contributed by atoms with Gasteiger partial charge >= 0.3 is 0 Å². The van der Waals surface area contributed by atoms with Gasteiger partial charge in [-0.1, -0.05) is 32.3 Å². The molecule has 11 nitrogen and oxygen atoms in total. The van der Waals surface area contributed by atoms with Crippen molar-refractivity contribution >= 4 is 35.4 Å². The Hall–Kier alpha value is -3.96. The van der Waals surface area contributed by atoms with Crippen LogP contribution in [0.2, 0.25) is 0 Å². The van der Waals surface area contributed by atoms with E-state index in [1.54, 1.807) is 35.2 Å². The fraction of sp³-hybridized carbons (Fsp3) is 0.500. The molecule has 0 fully saturated rings. The molecule has 1 aliphatic rings. The zero-order valence-corrected chi connectivity index (χ0v) is 25.3. The van der Waals surface area contributed by atoms with Crippen molar-refractivity contribution in [1.82, 2.24) is 15.5 Å². The second-order valence-corrected chi connectivity index (χ2v) is 10.5. The third kappa shape index (κ3) is 10.1. The molecule has 234 valence electrons. The number of benzene rings is 2. The average Bonchev–Trinajstić information content (AvgIpc) is 3.35. The number of carbonyl (C=O) groups is 4. The molecule has 2 aromatic carbocycles. The van der Waals surface area contributed by atoms with E-state index in [9.17, 15) is 19.2 Å². The van der Waals surface area contributed by atoms with Gasteiger partial charge in [-0.2, -0.15) is 0 Å². The highest BCUT2D eigenvalue weighted by Gasteiger charge is 2.33. The van der Waals surface area contributed by atoms with Gasteiger partial charge in [-0.15, -0.1) is 0 Å². The zero-order valence-electron chi connectivity index (χ0n) is 25.3. The van der Waals surface area contributed by atoms with Crippen LogP contribution in [0.4, 0.5) is 11.4 Å². The fourth-order valence-corrected chi connectivity index (χ4v) is 5.00. The van der Waals surface area contributed by atoms with E-state index in [0.717, 1.165) is 57.0 Å². The summed E-state index contributed by atoms with van der Waals surface area (Å²) < 4.78 is 10.7. The lowest BCUT2D eigenvalue weighted by Gasteiger charge is -2.22. The molecule has 11 heteroatoms. The highest BCUT2D eigenvalue weighted by atomic mass is 16.5. The Morgan fingerprint density at radius 3 is 2.63 bits per heavy atom. The maximum Gasteiger partial charge on any atom is 0.255 e. The van der Waals surface area contributed by atoms with Gasteiger partial charge in [0.15, 0.2) is 0 Å². The third-order valence-corrected chi connectivity index (χ3v) is 7.37. The maximum absolute atomic E-state index is 12.8. The van der Waals surface area contributed by atoms with Crippen LogP contribution in [0.25, 0.3) is 0 Å². The molecule has 0 saturated carbocycles. The molecule has 0 aliphatic carbocycles. The molecule has 1 atom stereocenters. The van der Waals surface area contributed by atoms with Crippen molar-refractivity contribution in [2.75, 3.05) is 51.0 Å². The molecule has 0 radical (unpaired) electrons. The van der Waals surface area contributed by atoms with E-state index < -0.39 is 6.04 Å². The number of hydrogen-bond acceptors (Lipinski definition) is 8. The fourth-order valence-electron chi connectivity index (χ4n) is 5.00. The van der Waals surface area contributed by atoms with E-state index in [1.807, 2.05) is 13.0 Å². The minimum absolute atomic E-state index is 0.0700. The number of methoxy groups -OCH3 is 1. The predicted molar refractivity (Wildman–Crippen MR) is 166 cm³/mol. The number of ether oxygens (including phenoxy) is 2. The van der Waals surface area contributed by atoms with Crippen molar-refractivity contribution < 1.29 is 28.7 Å². The quantitative estimate of drug-likeness (QED) is 0.103. The highest BCUT2D eigenvalue weighted by molar-refractivity contribution is 6.03. The van der Waals surface area contributed by atoms with Crippen LogP contribution in [0.1, 0.15) is 78.1 Å². The van der Waals surface area contributed by atoms with Gasteiger partial charge in [-0.3, -0.25) is 14.4 Å². The molecule has 3 rings (SSSR count). The molecule has 3 amide bonds. The van der Waals surface area contributed by atoms with E-state index in [0.29, 0.717) is 67.4 Å². The van der Waals surface area contributed by atoms with Gasteiger partial charge in [0.2, 0.25) is 5.91 Å². The van der Waals surface area contributed by atoms with Crippen LogP contribution < -0.4 is 26.4 Å². The van der Waals surface area contributed by atoms with E-state index in [1.165, 1.54) is 7.11 Å². The number of nitrogens with one attached hydrogen (secondary N) is 3. The van der Waals surface area contributed by atoms with Crippen LogP contribution in [0.15, 0.2) is 36.4 Å². The van der Waals surface area contributed by atoms with Gasteiger partial charge in [0, 0.05) is 48.4 Å². The first-order valence-corrected chi connectivity index (χ1v) is 15.1. The van der Waals surface area contributed by atoms with Gasteiger partial charge < -0.3 is 40.9 Å². The van der Waals surface area contributed by atoms with Crippen molar-refractivity contribution in [3.8, 4) is 5.75 Å². The summed E-state index contributed by atoms with van der Waals surface area (Å²) in [5, 5.41) is 9.12. The smallest absolute Gasteiger partial charge is 0.255 e. The number of anilines is 2. The van der Waals surface area contributed by atoms with Gasteiger partial charge in [0.1, 0.15) is 12.0 Å². The second-order valence-electron chi connectivity index (χ2n) is 10.5. The third-order valence-electron chi connectivity index (χ3n) is 7.37. The van der Waals surface area contributed by atoms with Crippen molar-refractivity contribution in [2.24, 2.45) is 0 Å². The summed E-state index contributed by atoms with van der Waals surface area (Å²) in [4.78, 5) is 50.7. The number of rotatable bonds is 20. The summed E-state index contributed by atoms with van der Waals surface area (Å²) in [5.74, 6) is 0.0359. The minimum atomic E-state index is -0.443. The number of carbonyl (C=O) groups excluding carboxylic acids is 4. The van der Waals surface area contributed by atoms with E-state index in [4.69, 9.17) is 15.2 Å². The summed E-state index contributed by atoms with van der Waals surface area (Å²) in [5.41, 5.74) is 8.73. The Morgan fingerprint density at radius 2 is 1.86 bits per heavy atom. The van der Waals surface area contributed by atoms with E-state index in [2.05, 4.69) is 16.0 Å². The normalized spacial score (nSPS) is 13.0. The number of nitrogens with two attached hydrogens (primary N) is 1. The number of amides is 3. The SMILES string of the molecule is CCCC(C=O)N1Cc2c(NC(=O)CCCCCCNCCOCCNC(=O)c3ccc(N)c(OC)c3)cccc2C1=O. The van der Waals surface area contributed by atoms with Gasteiger partial charge in [0.05, 0.1) is 32.1 Å². The summed E-state index contributed by atoms with van der Waals surface area (Å²) in [7, 11) is 1.51. The zero-order chi connectivity index (χ0) is 31.0. The van der Waals surface area contributed by atoms with Gasteiger partial charge in [-0.05, 0) is 56.1 Å². The molecular formula is C32H45N5O6. The van der Waals surface area contributed by atoms with Crippen molar-refractivity contribution in [1.29, 1.82) is 0 Å². The van der Waals surface area contributed by atoms with Crippen molar-refractivity contribution in [2.45, 2.75) is 64.5 Å². The molecule has 2 aromatic rings. The molecule has 0 bridgehead atoms. The topological polar surface area (TPSA) is 152 Å². The summed E-state index contributed by atoms with van der Waals surface area (Å²) >= 11 is 0. The molecule has 1 heterocycles. The lowest BCUT2D eigenvalue weighted by molar-refractivity contribution is -0.116. The van der Waals surface area contributed by atoms with E-state index in [-0.39, 0.29) is 17.7 Å². The Labute approximate surface area is 253 Å². The van der Waals surface area contributed by atoms with Crippen LogP contribution in [0.5, 0.6) is 5.75 Å². The van der Waals surface area contributed by atoms with Crippen LogP contribution in [-0.2, 0) is 20.9 Å². The predicted octanol–water partition coefficient (Wildman–Crippen LogP) is 3.53. The number of hydrogen-bond donors (Lipinski definition) is 4. The monoisotopic (exact) mass is 595 g/mol. The Kier molecular flexibility index (Phi) is 13.9. The Bertz CT molecular complexity index is 1240. The van der Waals surface area contributed by atoms with Crippen LogP contribution in [0, 0.1) is 0 Å². The Morgan fingerprint density at radius 1 is 1.07 bits per heavy atom. The molecule has 1 unspecified atom stereocenters. The number of unbranched alkanes of at least 4 members (excludes halogenated alkanes) is 3. The second kappa shape index (κ2) is 17.9. The standard InChI is InChI=1S/C32H45N5O6/c1-3-9-24(22-38)37-21-26-25(32(37)41)10-8-11-28(26)36-30(39)12-6-4-5-7-15-34-16-18-43-19-17-35-31(40)23-13-14-27(33)29(20-23)42-2/h8,10-11,13-14,20,22,24,34H,3-7,9,12,15-19,21,33H2,1-2H3,(H,35,40)(H,36,39). The molecule has 0 aromatic heterocycles. The minimum Gasteiger partial charge on any atom is -0.495 e. The van der Waals surface area contributed by atoms with Crippen LogP contribution in [0.3, 0.4) is 0 Å². The number of nitrogens with zero attached hydrogens (tertiary/aromatic N) is 1. The maximum atomic E-state index is 12.8. The molecule has 0 saturated heterocycles. The summed E-state index contributed by atoms with van der Waals surface area (Å²) in [6.45, 7) is 5.28. The number of nitrogen functional groups attached to an aromatic ring is 1. The summed E-state index contributed by atoms with van der Waals surface area (Å²) in [6, 6.07) is 9.79. The summed E-state index contributed by atoms with van der Waals surface area (Å²) in [6.07, 6.45) is 6.43. The number of fused-ring (bicyclic) bond motifs is 1. The lowest BCUT2D eigenvalue weighted by Crippen LogP contribution is -2.36. The van der Waals surface area contributed by atoms with Crippen molar-refractivity contribution in [3.63, 3.8) is 0 Å². The first kappa shape index (κ1) is 33.5.